The van der Waals surface area contributed by atoms with Crippen molar-refractivity contribution in [3.05, 3.63) is 129 Å². The van der Waals surface area contributed by atoms with E-state index in [1.54, 1.807) is 24.3 Å². The van der Waals surface area contributed by atoms with Crippen LogP contribution in [0.3, 0.4) is 0 Å². The summed E-state index contributed by atoms with van der Waals surface area (Å²) >= 11 is 3.46. The number of hydrogen-bond donors (Lipinski definition) is 0. The van der Waals surface area contributed by atoms with Gasteiger partial charge < -0.3 is 9.32 Å². The summed E-state index contributed by atoms with van der Waals surface area (Å²) in [5.74, 6) is 0.101. The molecule has 0 aliphatic carbocycles. The van der Waals surface area contributed by atoms with E-state index >= 15 is 0 Å². The summed E-state index contributed by atoms with van der Waals surface area (Å²) in [6.07, 6.45) is 0.650. The Kier molecular flexibility index (Phi) is 6.51. The van der Waals surface area contributed by atoms with E-state index < -0.39 is 5.82 Å². The Morgan fingerprint density at radius 2 is 1.51 bits per heavy atom. The molecule has 0 aliphatic rings. The molecule has 1 atom stereocenters. The summed E-state index contributed by atoms with van der Waals surface area (Å²) in [7, 11) is 0. The fourth-order valence-corrected chi connectivity index (χ4v) is 4.87. The van der Waals surface area contributed by atoms with Crippen LogP contribution in [0, 0.1) is 5.82 Å². The molecule has 0 amide bonds. The Morgan fingerprint density at radius 1 is 0.857 bits per heavy atom. The third-order valence-corrected chi connectivity index (χ3v) is 6.56. The number of fused-ring (bicyclic) bond motifs is 1. The van der Waals surface area contributed by atoms with Crippen molar-refractivity contribution in [1.82, 2.24) is 0 Å². The number of rotatable bonds is 6. The first-order chi connectivity index (χ1) is 17.1. The molecule has 5 rings (SSSR count). The molecule has 0 spiro atoms. The van der Waals surface area contributed by atoms with Crippen LogP contribution < -0.4 is 10.3 Å². The average molecular weight is 528 g/mol. The second kappa shape index (κ2) is 9.88. The summed E-state index contributed by atoms with van der Waals surface area (Å²) < 4.78 is 21.6. The summed E-state index contributed by atoms with van der Waals surface area (Å²) in [5, 5.41) is 0.447. The Balaban J connectivity index is 1.83. The lowest BCUT2D eigenvalue weighted by Crippen LogP contribution is -2.25. The van der Waals surface area contributed by atoms with Crippen LogP contribution in [0.4, 0.5) is 15.8 Å². The lowest BCUT2D eigenvalue weighted by molar-refractivity contribution is 0.475. The number of hydrogen-bond acceptors (Lipinski definition) is 3. The highest BCUT2D eigenvalue weighted by atomic mass is 79.9. The fourth-order valence-electron chi connectivity index (χ4n) is 4.51. The smallest absolute Gasteiger partial charge is 0.200 e. The molecule has 0 saturated carbocycles. The zero-order valence-corrected chi connectivity index (χ0v) is 20.7. The van der Waals surface area contributed by atoms with Gasteiger partial charge in [-0.2, -0.15) is 0 Å². The van der Waals surface area contributed by atoms with E-state index in [1.807, 2.05) is 66.7 Å². The summed E-state index contributed by atoms with van der Waals surface area (Å²) in [5.41, 5.74) is 3.11. The van der Waals surface area contributed by atoms with Gasteiger partial charge in [-0.05, 0) is 66.6 Å². The van der Waals surface area contributed by atoms with Crippen molar-refractivity contribution in [3.63, 3.8) is 0 Å². The number of anilines is 2. The van der Waals surface area contributed by atoms with Crippen LogP contribution in [0.1, 0.15) is 25.1 Å². The molecule has 0 bridgehead atoms. The number of nitrogens with zero attached hydrogens (tertiary/aromatic N) is 1. The van der Waals surface area contributed by atoms with Gasteiger partial charge in [0, 0.05) is 15.8 Å². The van der Waals surface area contributed by atoms with E-state index in [0.717, 1.165) is 15.8 Å². The molecule has 1 aromatic heterocycles. The zero-order chi connectivity index (χ0) is 24.4. The second-order valence-electron chi connectivity index (χ2n) is 8.29. The highest BCUT2D eigenvalue weighted by molar-refractivity contribution is 9.10. The summed E-state index contributed by atoms with van der Waals surface area (Å²) in [4.78, 5) is 16.1. The minimum Gasteiger partial charge on any atom is -0.458 e. The van der Waals surface area contributed by atoms with Gasteiger partial charge in [0.15, 0.2) is 0 Å². The Morgan fingerprint density at radius 3 is 2.11 bits per heavy atom. The predicted octanol–water partition coefficient (Wildman–Crippen LogP) is 8.65. The standard InChI is InChI=1S/C30H23BrFNO2/c1-2-26(33(23-12-5-3-6-13-23)24-14-7-4-8-15-24)30-28(20-10-9-11-22(32)18-20)29(34)25-19-21(31)16-17-27(25)35-30/h3-19,26H,2H2,1H3/t26-/m0/s1. The van der Waals surface area contributed by atoms with Gasteiger partial charge in [-0.3, -0.25) is 4.79 Å². The molecular formula is C30H23BrFNO2. The first kappa shape index (κ1) is 23.1. The molecule has 0 saturated heterocycles. The van der Waals surface area contributed by atoms with E-state index in [4.69, 9.17) is 4.42 Å². The normalized spacial score (nSPS) is 12.0. The zero-order valence-electron chi connectivity index (χ0n) is 19.1. The SMILES string of the molecule is CC[C@@H](c1oc2ccc(Br)cc2c(=O)c1-c1cccc(F)c1)N(c1ccccc1)c1ccccc1. The molecule has 0 fully saturated rings. The van der Waals surface area contributed by atoms with Crippen LogP contribution in [0.2, 0.25) is 0 Å². The summed E-state index contributed by atoms with van der Waals surface area (Å²) in [6.45, 7) is 2.06. The Labute approximate surface area is 211 Å². The van der Waals surface area contributed by atoms with Crippen LogP contribution in [0.5, 0.6) is 0 Å². The Hall–Kier alpha value is -3.70. The van der Waals surface area contributed by atoms with Crippen LogP contribution >= 0.6 is 15.9 Å². The third-order valence-electron chi connectivity index (χ3n) is 6.06. The summed E-state index contributed by atoms with van der Waals surface area (Å²) in [6, 6.07) is 31.2. The van der Waals surface area contributed by atoms with Crippen LogP contribution in [-0.4, -0.2) is 0 Å². The predicted molar refractivity (Wildman–Crippen MR) is 144 cm³/mol. The van der Waals surface area contributed by atoms with Gasteiger partial charge in [-0.1, -0.05) is 71.4 Å². The molecule has 1 heterocycles. The first-order valence-corrected chi connectivity index (χ1v) is 12.3. The highest BCUT2D eigenvalue weighted by Gasteiger charge is 2.29. The van der Waals surface area contributed by atoms with E-state index in [0.29, 0.717) is 34.3 Å². The van der Waals surface area contributed by atoms with Gasteiger partial charge in [0.2, 0.25) is 5.43 Å². The molecule has 5 heteroatoms. The minimum absolute atomic E-state index is 0.187. The maximum atomic E-state index is 14.3. The van der Waals surface area contributed by atoms with Gasteiger partial charge in [0.1, 0.15) is 17.2 Å². The molecule has 3 nitrogen and oxygen atoms in total. The molecular weight excluding hydrogens is 505 g/mol. The van der Waals surface area contributed by atoms with E-state index in [-0.39, 0.29) is 11.5 Å². The average Bonchev–Trinajstić information content (AvgIpc) is 2.88. The topological polar surface area (TPSA) is 33.5 Å². The molecule has 5 aromatic rings. The van der Waals surface area contributed by atoms with Crippen molar-refractivity contribution in [2.75, 3.05) is 4.90 Å². The minimum atomic E-state index is -0.404. The van der Waals surface area contributed by atoms with E-state index in [2.05, 4.69) is 27.8 Å². The van der Waals surface area contributed by atoms with Crippen LogP contribution in [0.15, 0.2) is 117 Å². The fraction of sp³-hybridized carbons (Fsp3) is 0.100. The molecule has 0 N–H and O–H groups in total. The molecule has 0 unspecified atom stereocenters. The number of halogens is 2. The lowest BCUT2D eigenvalue weighted by atomic mass is 9.96. The third kappa shape index (κ3) is 4.52. The van der Waals surface area contributed by atoms with E-state index in [1.165, 1.54) is 12.1 Å². The van der Waals surface area contributed by atoms with E-state index in [9.17, 15) is 9.18 Å². The van der Waals surface area contributed by atoms with Crippen molar-refractivity contribution in [1.29, 1.82) is 0 Å². The quantitative estimate of drug-likeness (QED) is 0.221. The monoisotopic (exact) mass is 527 g/mol. The van der Waals surface area contributed by atoms with Crippen molar-refractivity contribution >= 4 is 38.3 Å². The van der Waals surface area contributed by atoms with Crippen molar-refractivity contribution in [3.8, 4) is 11.1 Å². The van der Waals surface area contributed by atoms with Crippen LogP contribution in [-0.2, 0) is 0 Å². The Bertz CT molecular complexity index is 1490. The molecule has 35 heavy (non-hydrogen) atoms. The molecule has 0 aliphatic heterocycles. The number of para-hydroxylation sites is 2. The van der Waals surface area contributed by atoms with Crippen LogP contribution in [0.25, 0.3) is 22.1 Å². The molecule has 4 aromatic carbocycles. The maximum Gasteiger partial charge on any atom is 0.200 e. The molecule has 0 radical (unpaired) electrons. The first-order valence-electron chi connectivity index (χ1n) is 11.5. The second-order valence-corrected chi connectivity index (χ2v) is 9.20. The number of benzene rings is 4. The van der Waals surface area contributed by atoms with Gasteiger partial charge in [0.05, 0.1) is 17.0 Å². The highest BCUT2D eigenvalue weighted by Crippen LogP contribution is 2.41. The van der Waals surface area contributed by atoms with Gasteiger partial charge >= 0.3 is 0 Å². The van der Waals surface area contributed by atoms with Gasteiger partial charge in [-0.15, -0.1) is 0 Å². The van der Waals surface area contributed by atoms with Crippen molar-refractivity contribution in [2.45, 2.75) is 19.4 Å². The largest absolute Gasteiger partial charge is 0.458 e. The molecule has 174 valence electrons. The van der Waals surface area contributed by atoms with Crippen molar-refractivity contribution < 1.29 is 8.81 Å². The van der Waals surface area contributed by atoms with Gasteiger partial charge in [-0.25, -0.2) is 4.39 Å². The van der Waals surface area contributed by atoms with Crippen molar-refractivity contribution in [2.24, 2.45) is 0 Å². The maximum absolute atomic E-state index is 14.3. The lowest BCUT2D eigenvalue weighted by Gasteiger charge is -2.33. The van der Waals surface area contributed by atoms with Gasteiger partial charge in [0.25, 0.3) is 0 Å².